The monoisotopic (exact) mass is 236 g/mol. The van der Waals surface area contributed by atoms with Crippen LogP contribution in [-0.2, 0) is 6.54 Å². The molecule has 94 valence electrons. The average molecular weight is 236 g/mol. The van der Waals surface area contributed by atoms with Crippen molar-refractivity contribution in [3.8, 4) is 0 Å². The first-order valence-electron chi connectivity index (χ1n) is 6.10. The van der Waals surface area contributed by atoms with Crippen molar-refractivity contribution >= 4 is 5.69 Å². The van der Waals surface area contributed by atoms with E-state index in [2.05, 4.69) is 19.2 Å². The number of aliphatic hydroxyl groups excluding tert-OH is 1. The van der Waals surface area contributed by atoms with Crippen LogP contribution in [0.2, 0.25) is 0 Å². The van der Waals surface area contributed by atoms with Crippen molar-refractivity contribution in [3.63, 3.8) is 0 Å². The summed E-state index contributed by atoms with van der Waals surface area (Å²) >= 11 is 0. The van der Waals surface area contributed by atoms with Gasteiger partial charge in [0.2, 0.25) is 0 Å². The molecule has 1 aliphatic rings. The van der Waals surface area contributed by atoms with E-state index in [-0.39, 0.29) is 23.1 Å². The zero-order valence-electron chi connectivity index (χ0n) is 10.6. The van der Waals surface area contributed by atoms with Gasteiger partial charge in [0, 0.05) is 30.3 Å². The van der Waals surface area contributed by atoms with Crippen LogP contribution in [0.4, 0.5) is 5.69 Å². The van der Waals surface area contributed by atoms with Gasteiger partial charge >= 0.3 is 0 Å². The van der Waals surface area contributed by atoms with Gasteiger partial charge in [-0.05, 0) is 19.4 Å². The van der Waals surface area contributed by atoms with Gasteiger partial charge in [0.25, 0.3) is 5.56 Å². The molecule has 2 rings (SSSR count). The lowest BCUT2D eigenvalue weighted by Crippen LogP contribution is -2.56. The standard InChI is InChI=1S/C13H20N2O2/c1-4-15-8-9(5-6-12(15)17)14-10-7-11(16)13(10,2)3/h5-6,8,10-11,14,16H,4,7H2,1-3H3. The molecule has 0 aliphatic heterocycles. The Bertz CT molecular complexity index is 465. The summed E-state index contributed by atoms with van der Waals surface area (Å²) in [5, 5.41) is 13.1. The van der Waals surface area contributed by atoms with Crippen LogP contribution >= 0.6 is 0 Å². The predicted molar refractivity (Wildman–Crippen MR) is 68.2 cm³/mol. The molecule has 0 aromatic carbocycles. The van der Waals surface area contributed by atoms with Crippen LogP contribution in [0.5, 0.6) is 0 Å². The fourth-order valence-corrected chi connectivity index (χ4v) is 2.21. The Morgan fingerprint density at radius 1 is 1.53 bits per heavy atom. The molecule has 0 radical (unpaired) electrons. The molecule has 1 aromatic heterocycles. The van der Waals surface area contributed by atoms with E-state index in [0.717, 1.165) is 12.1 Å². The zero-order chi connectivity index (χ0) is 12.6. The van der Waals surface area contributed by atoms with Crippen LogP contribution in [0.15, 0.2) is 23.1 Å². The molecule has 0 spiro atoms. The molecular weight excluding hydrogens is 216 g/mol. The molecule has 1 heterocycles. The fraction of sp³-hybridized carbons (Fsp3) is 0.615. The summed E-state index contributed by atoms with van der Waals surface area (Å²) in [5.41, 5.74) is 0.857. The smallest absolute Gasteiger partial charge is 0.250 e. The second-order valence-electron chi connectivity index (χ2n) is 5.31. The fourth-order valence-electron chi connectivity index (χ4n) is 2.21. The summed E-state index contributed by atoms with van der Waals surface area (Å²) in [4.78, 5) is 11.4. The third-order valence-corrected chi connectivity index (χ3v) is 3.88. The highest BCUT2D eigenvalue weighted by Crippen LogP contribution is 2.42. The minimum atomic E-state index is -0.239. The van der Waals surface area contributed by atoms with E-state index in [0.29, 0.717) is 6.54 Å². The third-order valence-electron chi connectivity index (χ3n) is 3.88. The van der Waals surface area contributed by atoms with Gasteiger partial charge in [0.05, 0.1) is 11.8 Å². The van der Waals surface area contributed by atoms with Crippen molar-refractivity contribution < 1.29 is 5.11 Å². The lowest BCUT2D eigenvalue weighted by molar-refractivity contribution is -0.0510. The minimum absolute atomic E-state index is 0.0194. The van der Waals surface area contributed by atoms with Gasteiger partial charge in [0.15, 0.2) is 0 Å². The molecule has 1 fully saturated rings. The number of hydrogen-bond acceptors (Lipinski definition) is 3. The lowest BCUT2D eigenvalue weighted by Gasteiger charge is -2.49. The molecule has 1 aliphatic carbocycles. The van der Waals surface area contributed by atoms with Gasteiger partial charge < -0.3 is 15.0 Å². The minimum Gasteiger partial charge on any atom is -0.392 e. The van der Waals surface area contributed by atoms with Crippen molar-refractivity contribution in [2.75, 3.05) is 5.32 Å². The maximum Gasteiger partial charge on any atom is 0.250 e. The molecule has 1 aromatic rings. The van der Waals surface area contributed by atoms with Crippen molar-refractivity contribution in [1.82, 2.24) is 4.57 Å². The highest BCUT2D eigenvalue weighted by atomic mass is 16.3. The Kier molecular flexibility index (Phi) is 3.00. The SMILES string of the molecule is CCn1cc(NC2CC(O)C2(C)C)ccc1=O. The van der Waals surface area contributed by atoms with Gasteiger partial charge in [-0.25, -0.2) is 0 Å². The van der Waals surface area contributed by atoms with E-state index in [4.69, 9.17) is 0 Å². The Labute approximate surface area is 101 Å². The van der Waals surface area contributed by atoms with Crippen molar-refractivity contribution in [2.45, 2.75) is 45.9 Å². The molecular formula is C13H20N2O2. The molecule has 2 N–H and O–H groups in total. The van der Waals surface area contributed by atoms with Crippen LogP contribution in [0.3, 0.4) is 0 Å². The van der Waals surface area contributed by atoms with E-state index in [9.17, 15) is 9.90 Å². The van der Waals surface area contributed by atoms with Crippen molar-refractivity contribution in [3.05, 3.63) is 28.7 Å². The zero-order valence-corrected chi connectivity index (χ0v) is 10.6. The maximum atomic E-state index is 11.4. The summed E-state index contributed by atoms with van der Waals surface area (Å²) in [6, 6.07) is 3.64. The Morgan fingerprint density at radius 3 is 2.76 bits per heavy atom. The quantitative estimate of drug-likeness (QED) is 0.835. The number of anilines is 1. The average Bonchev–Trinajstić information content (AvgIpc) is 2.31. The summed E-state index contributed by atoms with van der Waals surface area (Å²) in [7, 11) is 0. The summed E-state index contributed by atoms with van der Waals surface area (Å²) in [6.45, 7) is 6.72. The summed E-state index contributed by atoms with van der Waals surface area (Å²) in [6.07, 6.45) is 2.36. The summed E-state index contributed by atoms with van der Waals surface area (Å²) in [5.74, 6) is 0. The third kappa shape index (κ3) is 2.09. The van der Waals surface area contributed by atoms with Crippen LogP contribution < -0.4 is 10.9 Å². The number of nitrogens with zero attached hydrogens (tertiary/aromatic N) is 1. The molecule has 0 bridgehead atoms. The van der Waals surface area contributed by atoms with E-state index in [1.54, 1.807) is 16.7 Å². The van der Waals surface area contributed by atoms with Crippen LogP contribution in [-0.4, -0.2) is 21.8 Å². The van der Waals surface area contributed by atoms with Crippen LogP contribution in [0, 0.1) is 5.41 Å². The van der Waals surface area contributed by atoms with Gasteiger partial charge in [-0.2, -0.15) is 0 Å². The number of aliphatic hydroxyl groups is 1. The highest BCUT2D eigenvalue weighted by Gasteiger charge is 2.47. The van der Waals surface area contributed by atoms with Gasteiger partial charge in [0.1, 0.15) is 0 Å². The Hall–Kier alpha value is -1.29. The Morgan fingerprint density at radius 2 is 2.24 bits per heavy atom. The molecule has 2 atom stereocenters. The van der Waals surface area contributed by atoms with E-state index in [1.807, 2.05) is 13.1 Å². The normalized spacial score (nSPS) is 26.4. The molecule has 0 saturated heterocycles. The largest absolute Gasteiger partial charge is 0.392 e. The first kappa shape index (κ1) is 12.2. The molecule has 1 saturated carbocycles. The maximum absolute atomic E-state index is 11.4. The van der Waals surface area contributed by atoms with Crippen molar-refractivity contribution in [2.24, 2.45) is 5.41 Å². The second-order valence-corrected chi connectivity index (χ2v) is 5.31. The highest BCUT2D eigenvalue weighted by molar-refractivity contribution is 5.43. The molecule has 4 nitrogen and oxygen atoms in total. The predicted octanol–water partition coefficient (Wildman–Crippen LogP) is 1.44. The number of aromatic nitrogens is 1. The van der Waals surface area contributed by atoms with Crippen molar-refractivity contribution in [1.29, 1.82) is 0 Å². The first-order valence-corrected chi connectivity index (χ1v) is 6.10. The molecule has 0 amide bonds. The Balaban J connectivity index is 2.13. The van der Waals surface area contributed by atoms with Gasteiger partial charge in [-0.3, -0.25) is 4.79 Å². The number of nitrogens with one attached hydrogen (secondary N) is 1. The van der Waals surface area contributed by atoms with E-state index < -0.39 is 0 Å². The number of hydrogen-bond donors (Lipinski definition) is 2. The molecule has 2 unspecified atom stereocenters. The van der Waals surface area contributed by atoms with E-state index >= 15 is 0 Å². The lowest BCUT2D eigenvalue weighted by atomic mass is 9.64. The number of pyridine rings is 1. The number of rotatable bonds is 3. The molecule has 17 heavy (non-hydrogen) atoms. The van der Waals surface area contributed by atoms with E-state index in [1.165, 1.54) is 0 Å². The van der Waals surface area contributed by atoms with Gasteiger partial charge in [-0.1, -0.05) is 13.8 Å². The number of aryl methyl sites for hydroxylation is 1. The topological polar surface area (TPSA) is 54.3 Å². The molecule has 4 heteroatoms. The summed E-state index contributed by atoms with van der Waals surface area (Å²) < 4.78 is 1.67. The second kappa shape index (κ2) is 4.18. The first-order chi connectivity index (χ1) is 7.95. The van der Waals surface area contributed by atoms with Gasteiger partial charge in [-0.15, -0.1) is 0 Å². The van der Waals surface area contributed by atoms with Crippen LogP contribution in [0.1, 0.15) is 27.2 Å². The van der Waals surface area contributed by atoms with Crippen LogP contribution in [0.25, 0.3) is 0 Å².